The molecule has 2 aromatic carbocycles. The van der Waals surface area contributed by atoms with E-state index in [9.17, 15) is 18.0 Å². The van der Waals surface area contributed by atoms with Crippen LogP contribution in [0, 0.1) is 23.4 Å². The van der Waals surface area contributed by atoms with Crippen molar-refractivity contribution in [3.05, 3.63) is 65.0 Å². The minimum absolute atomic E-state index is 0.265. The van der Waals surface area contributed by atoms with Gasteiger partial charge in [-0.2, -0.15) is 0 Å². The summed E-state index contributed by atoms with van der Waals surface area (Å²) < 4.78 is 44.7. The summed E-state index contributed by atoms with van der Waals surface area (Å²) in [6.07, 6.45) is 4.18. The first kappa shape index (κ1) is 17.5. The van der Waals surface area contributed by atoms with E-state index >= 15 is 0 Å². The van der Waals surface area contributed by atoms with Crippen LogP contribution in [0.15, 0.2) is 36.4 Å². The number of carbonyl (C=O) groups excluding carboxylic acids is 1. The number of hydrogen-bond acceptors (Lipinski definition) is 2. The lowest BCUT2D eigenvalue weighted by Crippen LogP contribution is -2.17. The molecule has 1 aliphatic rings. The maximum atomic E-state index is 13.3. The highest BCUT2D eigenvalue weighted by atomic mass is 19.2. The number of rotatable bonds is 3. The summed E-state index contributed by atoms with van der Waals surface area (Å²) >= 11 is 0. The molecule has 0 spiro atoms. The van der Waals surface area contributed by atoms with Crippen LogP contribution in [0.5, 0.6) is 5.75 Å². The van der Waals surface area contributed by atoms with E-state index in [-0.39, 0.29) is 11.7 Å². The van der Waals surface area contributed by atoms with Crippen LogP contribution in [-0.4, -0.2) is 5.97 Å². The minimum atomic E-state index is -1.59. The van der Waals surface area contributed by atoms with E-state index in [0.717, 1.165) is 31.2 Å². The van der Waals surface area contributed by atoms with Gasteiger partial charge in [0, 0.05) is 12.1 Å². The summed E-state index contributed by atoms with van der Waals surface area (Å²) in [6, 6.07) is 8.45. The van der Waals surface area contributed by atoms with Gasteiger partial charge in [0.25, 0.3) is 0 Å². The normalized spacial score (nSPS) is 20.3. The van der Waals surface area contributed by atoms with Gasteiger partial charge in [0.1, 0.15) is 5.75 Å². The molecule has 0 bridgehead atoms. The van der Waals surface area contributed by atoms with E-state index in [1.165, 1.54) is 0 Å². The summed E-state index contributed by atoms with van der Waals surface area (Å²) in [6.45, 7) is 2.22. The van der Waals surface area contributed by atoms with Crippen LogP contribution in [0.4, 0.5) is 13.2 Å². The molecule has 3 rings (SSSR count). The smallest absolute Gasteiger partial charge is 0.343 e. The molecular formula is C20H19F3O2. The monoisotopic (exact) mass is 348 g/mol. The fraction of sp³-hybridized carbons (Fsp3) is 0.350. The SMILES string of the molecule is CC1CCC(c2ccccc2C(=O)Oc2cc(F)c(F)c(F)c2)CC1. The van der Waals surface area contributed by atoms with Crippen LogP contribution < -0.4 is 4.74 Å². The van der Waals surface area contributed by atoms with Gasteiger partial charge in [-0.05, 0) is 36.3 Å². The lowest BCUT2D eigenvalue weighted by molar-refractivity contribution is 0.0731. The van der Waals surface area contributed by atoms with Crippen molar-refractivity contribution in [3.63, 3.8) is 0 Å². The molecule has 0 N–H and O–H groups in total. The second-order valence-electron chi connectivity index (χ2n) is 6.63. The van der Waals surface area contributed by atoms with E-state index in [4.69, 9.17) is 4.74 Å². The Kier molecular flexibility index (Phi) is 5.11. The minimum Gasteiger partial charge on any atom is -0.423 e. The zero-order chi connectivity index (χ0) is 18.0. The van der Waals surface area contributed by atoms with Gasteiger partial charge in [-0.3, -0.25) is 0 Å². The first-order valence-electron chi connectivity index (χ1n) is 8.41. The summed E-state index contributed by atoms with van der Waals surface area (Å²) in [4.78, 5) is 12.5. The third-order valence-corrected chi connectivity index (χ3v) is 4.80. The Hall–Kier alpha value is -2.30. The maximum absolute atomic E-state index is 13.3. The van der Waals surface area contributed by atoms with Crippen LogP contribution in [0.1, 0.15) is 54.4 Å². The van der Waals surface area contributed by atoms with Crippen molar-refractivity contribution in [3.8, 4) is 5.75 Å². The van der Waals surface area contributed by atoms with Crippen molar-refractivity contribution in [2.75, 3.05) is 0 Å². The molecule has 0 unspecified atom stereocenters. The molecule has 0 aliphatic heterocycles. The number of esters is 1. The number of halogens is 3. The molecule has 0 radical (unpaired) electrons. The topological polar surface area (TPSA) is 26.3 Å². The molecule has 25 heavy (non-hydrogen) atoms. The molecule has 1 fully saturated rings. The van der Waals surface area contributed by atoms with Crippen molar-refractivity contribution in [2.24, 2.45) is 5.92 Å². The Balaban J connectivity index is 1.83. The molecule has 0 saturated heterocycles. The summed E-state index contributed by atoms with van der Waals surface area (Å²) in [5, 5.41) is 0. The quantitative estimate of drug-likeness (QED) is 0.409. The van der Waals surface area contributed by atoms with E-state index in [0.29, 0.717) is 23.6 Å². The van der Waals surface area contributed by atoms with Gasteiger partial charge in [-0.25, -0.2) is 18.0 Å². The molecule has 1 aliphatic carbocycles. The molecule has 2 nitrogen and oxygen atoms in total. The van der Waals surface area contributed by atoms with E-state index < -0.39 is 23.4 Å². The third-order valence-electron chi connectivity index (χ3n) is 4.80. The van der Waals surface area contributed by atoms with E-state index in [2.05, 4.69) is 6.92 Å². The Morgan fingerprint density at radius 2 is 1.60 bits per heavy atom. The fourth-order valence-electron chi connectivity index (χ4n) is 3.36. The molecule has 0 amide bonds. The summed E-state index contributed by atoms with van der Waals surface area (Å²) in [5.74, 6) is -4.47. The molecule has 1 saturated carbocycles. The maximum Gasteiger partial charge on any atom is 0.343 e. The predicted octanol–water partition coefficient (Wildman–Crippen LogP) is 5.62. The molecule has 0 atom stereocenters. The lowest BCUT2D eigenvalue weighted by Gasteiger charge is -2.27. The van der Waals surface area contributed by atoms with Gasteiger partial charge >= 0.3 is 5.97 Å². The zero-order valence-electron chi connectivity index (χ0n) is 13.9. The fourth-order valence-corrected chi connectivity index (χ4v) is 3.36. The van der Waals surface area contributed by atoms with E-state index in [1.54, 1.807) is 12.1 Å². The lowest BCUT2D eigenvalue weighted by atomic mass is 9.78. The number of benzene rings is 2. The molecule has 0 aromatic heterocycles. The van der Waals surface area contributed by atoms with Crippen LogP contribution in [-0.2, 0) is 0 Å². The average Bonchev–Trinajstić information content (AvgIpc) is 2.60. The highest BCUT2D eigenvalue weighted by Crippen LogP contribution is 2.37. The number of carbonyl (C=O) groups is 1. The van der Waals surface area contributed by atoms with Gasteiger partial charge in [0.05, 0.1) is 5.56 Å². The van der Waals surface area contributed by atoms with Crippen LogP contribution >= 0.6 is 0 Å². The largest absolute Gasteiger partial charge is 0.423 e. The molecule has 5 heteroatoms. The summed E-state index contributed by atoms with van der Waals surface area (Å²) in [5.41, 5.74) is 1.27. The van der Waals surface area contributed by atoms with E-state index in [1.807, 2.05) is 12.1 Å². The van der Waals surface area contributed by atoms with Gasteiger partial charge in [0.15, 0.2) is 17.5 Å². The van der Waals surface area contributed by atoms with Crippen molar-refractivity contribution < 1.29 is 22.7 Å². The Bertz CT molecular complexity index is 757. The average molecular weight is 348 g/mol. The van der Waals surface area contributed by atoms with Gasteiger partial charge < -0.3 is 4.74 Å². The first-order valence-corrected chi connectivity index (χ1v) is 8.41. The van der Waals surface area contributed by atoms with Gasteiger partial charge in [0.2, 0.25) is 0 Å². The standard InChI is InChI=1S/C20H19F3O2/c1-12-6-8-13(9-7-12)15-4-2-3-5-16(15)20(24)25-14-10-17(21)19(23)18(22)11-14/h2-5,10-13H,6-9H2,1H3. The van der Waals surface area contributed by atoms with Crippen LogP contribution in [0.25, 0.3) is 0 Å². The van der Waals surface area contributed by atoms with Gasteiger partial charge in [-0.1, -0.05) is 38.0 Å². The number of hydrogen-bond donors (Lipinski definition) is 0. The Labute approximate surface area is 144 Å². The molecule has 2 aromatic rings. The molecule has 0 heterocycles. The molecule has 132 valence electrons. The Morgan fingerprint density at radius 1 is 1.00 bits per heavy atom. The first-order chi connectivity index (χ1) is 12.0. The second kappa shape index (κ2) is 7.30. The van der Waals surface area contributed by atoms with Gasteiger partial charge in [-0.15, -0.1) is 0 Å². The van der Waals surface area contributed by atoms with Crippen LogP contribution in [0.3, 0.4) is 0 Å². The third kappa shape index (κ3) is 3.86. The van der Waals surface area contributed by atoms with Crippen molar-refractivity contribution in [1.82, 2.24) is 0 Å². The van der Waals surface area contributed by atoms with Crippen molar-refractivity contribution >= 4 is 5.97 Å². The summed E-state index contributed by atoms with van der Waals surface area (Å²) in [7, 11) is 0. The highest BCUT2D eigenvalue weighted by Gasteiger charge is 2.25. The number of ether oxygens (including phenoxy) is 1. The van der Waals surface area contributed by atoms with Crippen LogP contribution in [0.2, 0.25) is 0 Å². The Morgan fingerprint density at radius 3 is 2.24 bits per heavy atom. The highest BCUT2D eigenvalue weighted by molar-refractivity contribution is 5.92. The molecular weight excluding hydrogens is 329 g/mol. The van der Waals surface area contributed by atoms with Crippen molar-refractivity contribution in [1.29, 1.82) is 0 Å². The zero-order valence-corrected chi connectivity index (χ0v) is 13.9. The van der Waals surface area contributed by atoms with Crippen molar-refractivity contribution in [2.45, 2.75) is 38.5 Å². The predicted molar refractivity (Wildman–Crippen MR) is 88.1 cm³/mol. The second-order valence-corrected chi connectivity index (χ2v) is 6.63.